The summed E-state index contributed by atoms with van der Waals surface area (Å²) in [6.07, 6.45) is 9.44. The Balaban J connectivity index is 1.02. The number of ether oxygens (including phenoxy) is 4. The number of rotatable bonds is 33. The maximum atomic E-state index is 13.3. The number of nitrogens with two attached hydrogens (primary N) is 1. The van der Waals surface area contributed by atoms with E-state index in [9.17, 15) is 33.6 Å². The molecule has 3 heterocycles. The molecule has 1 aliphatic carbocycles. The fourth-order valence-corrected chi connectivity index (χ4v) is 8.06. The van der Waals surface area contributed by atoms with Crippen molar-refractivity contribution in [3.8, 4) is 5.88 Å². The minimum atomic E-state index is -0.856. The number of fused-ring (bicyclic) bond motifs is 1. The van der Waals surface area contributed by atoms with E-state index in [1.807, 2.05) is 27.7 Å². The summed E-state index contributed by atoms with van der Waals surface area (Å²) in [5, 5.41) is 22.4. The number of hydrogen-bond acceptors (Lipinski definition) is 15. The Morgan fingerprint density at radius 1 is 0.729 bits per heavy atom. The minimum absolute atomic E-state index is 0.0159. The highest BCUT2D eigenvalue weighted by atomic mass is 16.5. The quantitative estimate of drug-likeness (QED) is 0.0440. The number of hydrogen-bond donors (Lipinski definition) is 6. The molecule has 0 radical (unpaired) electrons. The van der Waals surface area contributed by atoms with Crippen molar-refractivity contribution in [1.29, 1.82) is 0 Å². The molecule has 2 atom stereocenters. The number of carbonyl (C=O) groups excluding carboxylic acids is 7. The molecule has 7 amide bonds. The number of carbonyl (C=O) groups is 7. The molecule has 1 fully saturated rings. The number of imidazole rings is 1. The van der Waals surface area contributed by atoms with Gasteiger partial charge in [0.15, 0.2) is 5.82 Å². The van der Waals surface area contributed by atoms with E-state index in [-0.39, 0.29) is 94.2 Å². The molecule has 0 aromatic carbocycles. The second-order valence-electron chi connectivity index (χ2n) is 18.4. The zero-order chi connectivity index (χ0) is 51.0. The van der Waals surface area contributed by atoms with Crippen molar-refractivity contribution in [3.63, 3.8) is 0 Å². The van der Waals surface area contributed by atoms with Crippen molar-refractivity contribution >= 4 is 58.2 Å². The third-order valence-electron chi connectivity index (χ3n) is 12.0. The molecule has 2 aromatic rings. The normalized spacial score (nSPS) is 16.7. The Bertz CT molecular complexity index is 2050. The number of aryl methyl sites for hydroxylation is 1. The average Bonchev–Trinajstić information content (AvgIpc) is 3.85. The maximum Gasteiger partial charge on any atom is 0.260 e. The van der Waals surface area contributed by atoms with Gasteiger partial charge in [0.05, 0.1) is 45.7 Å². The molecular formula is C48H77N11O11. The molecule has 0 unspecified atom stereocenters. The molecule has 0 saturated heterocycles. The SMILES string of the molecule is CCCCc1nc2c(N)nnc(OC(C)C)c2n1CC1CCC(CNC(=O)[C@H](C)NC(=O)[C@@H](NC(=O)CCCC(=O)NCCOCCOCCOCCNC(=O)CCN2C(=O)C=CC2=O)C(C)C)CC1. The standard InChI is InChI=1S/C48H77N11O11/c1-7-8-10-36-54-43-44(48(70-32(4)5)57-56-45(43)49)59(36)30-35-15-13-34(14-16-35)29-52-46(65)33(6)53-47(66)42(31(2)3)55-39(62)12-9-11-37(60)50-20-23-67-25-27-69-28-26-68-24-21-51-38(61)19-22-58-40(63)17-18-41(58)64/h17-18,31-35,42H,7-16,19-30H2,1-6H3,(H2,49,56)(H,50,60)(H,51,61)(H,52,65)(H,53,66)(H,55,62)/t33-,34?,35?,42-/m0/s1. The highest BCUT2D eigenvalue weighted by molar-refractivity contribution is 6.13. The van der Waals surface area contributed by atoms with Gasteiger partial charge in [0.2, 0.25) is 29.5 Å². The van der Waals surface area contributed by atoms with Crippen LogP contribution in [-0.2, 0) is 60.7 Å². The van der Waals surface area contributed by atoms with Crippen LogP contribution >= 0.6 is 0 Å². The van der Waals surface area contributed by atoms with Gasteiger partial charge in [0, 0.05) is 70.6 Å². The van der Waals surface area contributed by atoms with Crippen LogP contribution in [0.15, 0.2) is 12.2 Å². The second-order valence-corrected chi connectivity index (χ2v) is 18.4. The fourth-order valence-electron chi connectivity index (χ4n) is 8.06. The summed E-state index contributed by atoms with van der Waals surface area (Å²) in [5.74, 6) is -0.317. The molecular weight excluding hydrogens is 907 g/mol. The zero-order valence-corrected chi connectivity index (χ0v) is 42.0. The molecule has 22 heteroatoms. The monoisotopic (exact) mass is 984 g/mol. The van der Waals surface area contributed by atoms with E-state index in [1.165, 1.54) is 12.2 Å². The number of aromatic nitrogens is 4. The van der Waals surface area contributed by atoms with Crippen molar-refractivity contribution < 1.29 is 52.5 Å². The van der Waals surface area contributed by atoms with Crippen LogP contribution in [0, 0.1) is 17.8 Å². The fraction of sp³-hybridized carbons (Fsp3) is 0.708. The molecule has 1 aliphatic heterocycles. The van der Waals surface area contributed by atoms with Crippen LogP contribution in [0.25, 0.3) is 11.0 Å². The summed E-state index contributed by atoms with van der Waals surface area (Å²) >= 11 is 0. The molecule has 1 saturated carbocycles. The molecule has 0 spiro atoms. The lowest BCUT2D eigenvalue weighted by Gasteiger charge is -2.30. The summed E-state index contributed by atoms with van der Waals surface area (Å²) in [7, 11) is 0. The Labute approximate surface area is 411 Å². The van der Waals surface area contributed by atoms with Gasteiger partial charge in [0.1, 0.15) is 28.9 Å². The van der Waals surface area contributed by atoms with E-state index in [2.05, 4.69) is 48.3 Å². The molecule has 390 valence electrons. The van der Waals surface area contributed by atoms with Crippen LogP contribution in [0.3, 0.4) is 0 Å². The predicted octanol–water partition coefficient (Wildman–Crippen LogP) is 1.87. The third kappa shape index (κ3) is 19.2. The summed E-state index contributed by atoms with van der Waals surface area (Å²) in [6, 6.07) is -1.67. The predicted molar refractivity (Wildman–Crippen MR) is 260 cm³/mol. The number of nitrogens with one attached hydrogen (secondary N) is 5. The average molecular weight is 984 g/mol. The van der Waals surface area contributed by atoms with Crippen LogP contribution in [0.2, 0.25) is 0 Å². The van der Waals surface area contributed by atoms with Gasteiger partial charge in [-0.1, -0.05) is 27.2 Å². The van der Waals surface area contributed by atoms with Crippen LogP contribution in [0.1, 0.15) is 112 Å². The number of unbranched alkanes of at least 4 members (excludes halogenated alkanes) is 1. The number of nitrogen functional groups attached to an aromatic ring is 1. The molecule has 70 heavy (non-hydrogen) atoms. The molecule has 2 aromatic heterocycles. The summed E-state index contributed by atoms with van der Waals surface area (Å²) < 4.78 is 24.6. The molecule has 2 aliphatic rings. The number of imide groups is 1. The topological polar surface area (TPSA) is 289 Å². The van der Waals surface area contributed by atoms with E-state index in [0.717, 1.165) is 67.7 Å². The van der Waals surface area contributed by atoms with Gasteiger partial charge in [-0.05, 0) is 77.0 Å². The van der Waals surface area contributed by atoms with Gasteiger partial charge < -0.3 is 55.8 Å². The van der Waals surface area contributed by atoms with Gasteiger partial charge in [-0.25, -0.2) is 4.98 Å². The van der Waals surface area contributed by atoms with Gasteiger partial charge in [-0.2, -0.15) is 0 Å². The molecule has 22 nitrogen and oxygen atoms in total. The van der Waals surface area contributed by atoms with Crippen LogP contribution < -0.4 is 37.1 Å². The number of anilines is 1. The second kappa shape index (κ2) is 30.1. The Kier molecular flexibility index (Phi) is 24.4. The largest absolute Gasteiger partial charge is 0.472 e. The first-order valence-corrected chi connectivity index (χ1v) is 24.9. The Morgan fingerprint density at radius 3 is 1.91 bits per heavy atom. The first-order valence-electron chi connectivity index (χ1n) is 24.9. The van der Waals surface area contributed by atoms with Crippen molar-refractivity contribution in [1.82, 2.24) is 51.2 Å². The first kappa shape index (κ1) is 56.8. The van der Waals surface area contributed by atoms with Crippen molar-refractivity contribution in [2.75, 3.05) is 71.6 Å². The third-order valence-corrected chi connectivity index (χ3v) is 12.0. The number of amides is 7. The van der Waals surface area contributed by atoms with Crippen LogP contribution in [0.4, 0.5) is 5.82 Å². The Hall–Kier alpha value is -5.74. The van der Waals surface area contributed by atoms with Gasteiger partial charge in [0.25, 0.3) is 17.7 Å². The van der Waals surface area contributed by atoms with Crippen LogP contribution in [-0.4, -0.2) is 150 Å². The van der Waals surface area contributed by atoms with Crippen LogP contribution in [0.5, 0.6) is 5.88 Å². The van der Waals surface area contributed by atoms with Crippen molar-refractivity contribution in [2.45, 2.75) is 137 Å². The van der Waals surface area contributed by atoms with E-state index in [4.69, 9.17) is 29.7 Å². The van der Waals surface area contributed by atoms with E-state index in [0.29, 0.717) is 62.0 Å². The van der Waals surface area contributed by atoms with Gasteiger partial charge in [-0.15, -0.1) is 10.2 Å². The molecule has 0 bridgehead atoms. The lowest BCUT2D eigenvalue weighted by Crippen LogP contribution is -2.54. The van der Waals surface area contributed by atoms with Crippen molar-refractivity contribution in [3.05, 3.63) is 18.0 Å². The molecule has 7 N–H and O–H groups in total. The van der Waals surface area contributed by atoms with E-state index < -0.39 is 29.8 Å². The van der Waals surface area contributed by atoms with E-state index >= 15 is 0 Å². The summed E-state index contributed by atoms with van der Waals surface area (Å²) in [4.78, 5) is 92.4. The van der Waals surface area contributed by atoms with E-state index in [1.54, 1.807) is 6.92 Å². The smallest absolute Gasteiger partial charge is 0.260 e. The summed E-state index contributed by atoms with van der Waals surface area (Å²) in [5.41, 5.74) is 7.66. The highest BCUT2D eigenvalue weighted by Gasteiger charge is 2.30. The zero-order valence-electron chi connectivity index (χ0n) is 42.0. The molecule has 4 rings (SSSR count). The lowest BCUT2D eigenvalue weighted by atomic mass is 9.82. The van der Waals surface area contributed by atoms with Gasteiger partial charge >= 0.3 is 0 Å². The first-order chi connectivity index (χ1) is 33.6. The lowest BCUT2D eigenvalue weighted by molar-refractivity contribution is -0.137. The summed E-state index contributed by atoms with van der Waals surface area (Å²) in [6.45, 7) is 15.0. The minimum Gasteiger partial charge on any atom is -0.472 e. The maximum absolute atomic E-state index is 13.3. The Morgan fingerprint density at radius 2 is 1.31 bits per heavy atom. The number of nitrogens with zero attached hydrogens (tertiary/aromatic N) is 5. The highest BCUT2D eigenvalue weighted by Crippen LogP contribution is 2.34. The van der Waals surface area contributed by atoms with Gasteiger partial charge in [-0.3, -0.25) is 38.5 Å². The van der Waals surface area contributed by atoms with Crippen molar-refractivity contribution in [2.24, 2.45) is 17.8 Å².